The second kappa shape index (κ2) is 6.31. The average molecular weight is 317 g/mol. The molecular weight excluding hydrogens is 298 g/mol. The van der Waals surface area contributed by atoms with Crippen LogP contribution in [-0.4, -0.2) is 24.8 Å². The fraction of sp³-hybridized carbons (Fsp3) is 0.400. The highest BCUT2D eigenvalue weighted by Gasteiger charge is 2.13. The van der Waals surface area contributed by atoms with Crippen LogP contribution in [0.15, 0.2) is 30.2 Å². The third-order valence-electron chi connectivity index (χ3n) is 3.63. The van der Waals surface area contributed by atoms with E-state index in [1.165, 1.54) is 0 Å². The Morgan fingerprint density at radius 2 is 2.32 bits per heavy atom. The quantitative estimate of drug-likeness (QED) is 0.759. The van der Waals surface area contributed by atoms with Crippen molar-refractivity contribution >= 4 is 22.2 Å². The van der Waals surface area contributed by atoms with Crippen LogP contribution in [0, 0.1) is 0 Å². The normalized spacial score (nSPS) is 12.6. The Labute approximate surface area is 132 Å². The first-order valence-corrected chi connectivity index (χ1v) is 8.26. The van der Waals surface area contributed by atoms with Gasteiger partial charge in [0.1, 0.15) is 5.82 Å². The lowest BCUT2D eigenvalue weighted by molar-refractivity contribution is -0.122. The standard InChI is InChI=1S/C15H19N5OS/c1-3-13-16-5-7-19(13)6-4-14(21)17-11(2)12-10-20-8-9-22-15(20)18-12/h5,7-11H,3-4,6H2,1-2H3,(H,17,21)/t11-/m1/s1. The zero-order valence-corrected chi connectivity index (χ0v) is 13.5. The van der Waals surface area contributed by atoms with E-state index < -0.39 is 0 Å². The maximum atomic E-state index is 12.1. The molecule has 1 atom stereocenters. The monoisotopic (exact) mass is 317 g/mol. The molecule has 0 fully saturated rings. The molecule has 0 aliphatic heterocycles. The number of thiazole rings is 1. The van der Waals surface area contributed by atoms with Gasteiger partial charge in [0.2, 0.25) is 5.91 Å². The van der Waals surface area contributed by atoms with Crippen LogP contribution in [0.2, 0.25) is 0 Å². The summed E-state index contributed by atoms with van der Waals surface area (Å²) in [4.78, 5) is 21.8. The lowest BCUT2D eigenvalue weighted by Crippen LogP contribution is -2.27. The van der Waals surface area contributed by atoms with Gasteiger partial charge >= 0.3 is 0 Å². The summed E-state index contributed by atoms with van der Waals surface area (Å²) in [6.45, 7) is 4.67. The SMILES string of the molecule is CCc1nccn1CCC(=O)N[C@H](C)c1cn2ccsc2n1. The van der Waals surface area contributed by atoms with Gasteiger partial charge in [-0.25, -0.2) is 9.97 Å². The zero-order valence-electron chi connectivity index (χ0n) is 12.7. The van der Waals surface area contributed by atoms with Gasteiger partial charge in [0.25, 0.3) is 0 Å². The van der Waals surface area contributed by atoms with Crippen LogP contribution in [0.3, 0.4) is 0 Å². The van der Waals surface area contributed by atoms with Crippen molar-refractivity contribution in [3.05, 3.63) is 41.7 Å². The number of rotatable bonds is 6. The number of amides is 1. The summed E-state index contributed by atoms with van der Waals surface area (Å²) in [5.41, 5.74) is 0.886. The summed E-state index contributed by atoms with van der Waals surface area (Å²) in [5.74, 6) is 1.04. The highest BCUT2D eigenvalue weighted by molar-refractivity contribution is 7.15. The Bertz CT molecular complexity index is 743. The number of aromatic nitrogens is 4. The second-order valence-electron chi connectivity index (χ2n) is 5.19. The minimum atomic E-state index is -0.0898. The van der Waals surface area contributed by atoms with Crippen LogP contribution in [0.1, 0.15) is 37.8 Å². The number of hydrogen-bond acceptors (Lipinski definition) is 4. The minimum Gasteiger partial charge on any atom is -0.348 e. The molecule has 0 unspecified atom stereocenters. The van der Waals surface area contributed by atoms with Crippen LogP contribution in [0.5, 0.6) is 0 Å². The summed E-state index contributed by atoms with van der Waals surface area (Å²) in [5, 5.41) is 4.99. The fourth-order valence-corrected chi connectivity index (χ4v) is 3.13. The summed E-state index contributed by atoms with van der Waals surface area (Å²) in [7, 11) is 0. The maximum Gasteiger partial charge on any atom is 0.222 e. The number of nitrogens with one attached hydrogen (secondary N) is 1. The van der Waals surface area contributed by atoms with Crippen LogP contribution < -0.4 is 5.32 Å². The van der Waals surface area contributed by atoms with Crippen molar-refractivity contribution in [1.82, 2.24) is 24.3 Å². The van der Waals surface area contributed by atoms with E-state index in [4.69, 9.17) is 0 Å². The number of aryl methyl sites for hydroxylation is 2. The van der Waals surface area contributed by atoms with Gasteiger partial charge in [0.15, 0.2) is 4.96 Å². The number of imidazole rings is 2. The van der Waals surface area contributed by atoms with Gasteiger partial charge in [-0.15, -0.1) is 11.3 Å². The molecule has 3 aromatic rings. The predicted molar refractivity (Wildman–Crippen MR) is 85.8 cm³/mol. The molecule has 0 aromatic carbocycles. The molecule has 0 spiro atoms. The summed E-state index contributed by atoms with van der Waals surface area (Å²) < 4.78 is 4.00. The third kappa shape index (κ3) is 3.04. The Balaban J connectivity index is 1.56. The molecule has 22 heavy (non-hydrogen) atoms. The van der Waals surface area contributed by atoms with Gasteiger partial charge in [0.05, 0.1) is 11.7 Å². The van der Waals surface area contributed by atoms with Crippen molar-refractivity contribution in [2.75, 3.05) is 0 Å². The predicted octanol–water partition coefficient (Wildman–Crippen LogP) is 2.42. The lowest BCUT2D eigenvalue weighted by atomic mass is 10.2. The molecule has 0 radical (unpaired) electrons. The fourth-order valence-electron chi connectivity index (χ4n) is 2.42. The second-order valence-corrected chi connectivity index (χ2v) is 6.06. The molecule has 0 saturated carbocycles. The smallest absolute Gasteiger partial charge is 0.222 e. The van der Waals surface area contributed by atoms with Gasteiger partial charge in [-0.2, -0.15) is 0 Å². The van der Waals surface area contributed by atoms with Gasteiger partial charge in [-0.05, 0) is 6.92 Å². The van der Waals surface area contributed by atoms with Crippen molar-refractivity contribution in [2.45, 2.75) is 39.3 Å². The van der Waals surface area contributed by atoms with Crippen LogP contribution >= 0.6 is 11.3 Å². The van der Waals surface area contributed by atoms with Crippen molar-refractivity contribution in [3.63, 3.8) is 0 Å². The number of carbonyl (C=O) groups excluding carboxylic acids is 1. The van der Waals surface area contributed by atoms with Crippen molar-refractivity contribution in [1.29, 1.82) is 0 Å². The van der Waals surface area contributed by atoms with Crippen LogP contribution in [-0.2, 0) is 17.8 Å². The largest absolute Gasteiger partial charge is 0.348 e. The first-order chi connectivity index (χ1) is 10.7. The first kappa shape index (κ1) is 14.8. The van der Waals surface area contributed by atoms with Crippen molar-refractivity contribution < 1.29 is 4.79 Å². The van der Waals surface area contributed by atoms with Crippen molar-refractivity contribution in [2.24, 2.45) is 0 Å². The molecule has 1 N–H and O–H groups in total. The first-order valence-electron chi connectivity index (χ1n) is 7.39. The lowest BCUT2D eigenvalue weighted by Gasteiger charge is -2.12. The number of nitrogens with zero attached hydrogens (tertiary/aromatic N) is 4. The van der Waals surface area contributed by atoms with E-state index in [0.29, 0.717) is 13.0 Å². The van der Waals surface area contributed by atoms with E-state index in [1.807, 2.05) is 39.9 Å². The van der Waals surface area contributed by atoms with E-state index in [1.54, 1.807) is 17.5 Å². The topological polar surface area (TPSA) is 64.2 Å². The molecule has 1 amide bonds. The van der Waals surface area contributed by atoms with Crippen LogP contribution in [0.4, 0.5) is 0 Å². The average Bonchev–Trinajstić information content (AvgIpc) is 3.19. The summed E-state index contributed by atoms with van der Waals surface area (Å²) in [6.07, 6.45) is 8.93. The minimum absolute atomic E-state index is 0.0274. The molecule has 6 nitrogen and oxygen atoms in total. The molecule has 0 aliphatic carbocycles. The van der Waals surface area contributed by atoms with Crippen molar-refractivity contribution in [3.8, 4) is 0 Å². The van der Waals surface area contributed by atoms with Gasteiger partial charge in [-0.3, -0.25) is 9.20 Å². The molecule has 3 heterocycles. The molecule has 116 valence electrons. The Kier molecular flexibility index (Phi) is 4.24. The summed E-state index contributed by atoms with van der Waals surface area (Å²) in [6, 6.07) is -0.0898. The maximum absolute atomic E-state index is 12.1. The van der Waals surface area contributed by atoms with E-state index in [0.717, 1.165) is 22.9 Å². The summed E-state index contributed by atoms with van der Waals surface area (Å²) >= 11 is 1.59. The van der Waals surface area contributed by atoms with Crippen LogP contribution in [0.25, 0.3) is 4.96 Å². The molecule has 0 bridgehead atoms. The molecule has 0 aliphatic rings. The molecule has 3 aromatic heterocycles. The van der Waals surface area contributed by atoms with Gasteiger partial charge in [0, 0.05) is 49.6 Å². The third-order valence-corrected chi connectivity index (χ3v) is 4.40. The van der Waals surface area contributed by atoms with Gasteiger partial charge < -0.3 is 9.88 Å². The number of hydrogen-bond donors (Lipinski definition) is 1. The molecule has 7 heteroatoms. The molecule has 0 saturated heterocycles. The number of carbonyl (C=O) groups is 1. The van der Waals surface area contributed by atoms with E-state index in [9.17, 15) is 4.79 Å². The Morgan fingerprint density at radius 1 is 1.45 bits per heavy atom. The van der Waals surface area contributed by atoms with Gasteiger partial charge in [-0.1, -0.05) is 6.92 Å². The van der Waals surface area contributed by atoms with E-state index in [2.05, 4.69) is 22.2 Å². The highest BCUT2D eigenvalue weighted by Crippen LogP contribution is 2.16. The highest BCUT2D eigenvalue weighted by atomic mass is 32.1. The Morgan fingerprint density at radius 3 is 3.09 bits per heavy atom. The Hall–Kier alpha value is -2.15. The van der Waals surface area contributed by atoms with E-state index >= 15 is 0 Å². The van der Waals surface area contributed by atoms with E-state index in [-0.39, 0.29) is 11.9 Å². The molecule has 3 rings (SSSR count). The number of fused-ring (bicyclic) bond motifs is 1. The zero-order chi connectivity index (χ0) is 15.5. The molecular formula is C15H19N5OS.